The molecule has 0 bridgehead atoms. The molecule has 0 atom stereocenters. The maximum atomic E-state index is 11.4. The first-order valence-electron chi connectivity index (χ1n) is 5.53. The maximum absolute atomic E-state index is 11.4. The molecule has 19 heavy (non-hydrogen) atoms. The van der Waals surface area contributed by atoms with Gasteiger partial charge in [-0.2, -0.15) is 0 Å². The average Bonchev–Trinajstić information content (AvgIpc) is 2.37. The Hall–Kier alpha value is -2.35. The number of methoxy groups -OCH3 is 1. The molecule has 1 heterocycles. The zero-order chi connectivity index (χ0) is 14.3. The van der Waals surface area contributed by atoms with Gasteiger partial charge in [0.05, 0.1) is 30.6 Å². The summed E-state index contributed by atoms with van der Waals surface area (Å²) in [5.41, 5.74) is 5.48. The van der Waals surface area contributed by atoms with Crippen molar-refractivity contribution in [3.05, 3.63) is 17.8 Å². The molecule has 1 rings (SSSR count). The minimum Gasteiger partial charge on any atom is -0.478 e. The number of ether oxygens (including phenoxy) is 1. The number of carboxylic acids is 1. The van der Waals surface area contributed by atoms with E-state index in [9.17, 15) is 9.59 Å². The highest BCUT2D eigenvalue weighted by Crippen LogP contribution is 2.14. The third kappa shape index (κ3) is 4.80. The molecule has 0 aliphatic rings. The maximum Gasteiger partial charge on any atom is 0.337 e. The third-order valence-electron chi connectivity index (χ3n) is 2.22. The van der Waals surface area contributed by atoms with Gasteiger partial charge in [0.2, 0.25) is 5.91 Å². The fourth-order valence-electron chi connectivity index (χ4n) is 1.27. The lowest BCUT2D eigenvalue weighted by Crippen LogP contribution is -2.32. The Kier molecular flexibility index (Phi) is 5.55. The number of aromatic nitrogens is 1. The molecule has 1 aromatic heterocycles. The van der Waals surface area contributed by atoms with Crippen LogP contribution < -0.4 is 16.4 Å². The standard InChI is InChI=1S/C11H16N4O4/c1-19-3-2-13-10(16)6-15-9-4-7(11(17)18)8(12)5-14-9/h4-5H,2-3,6,12H2,1H3,(H,13,16)(H,14,15)(H,17,18). The highest BCUT2D eigenvalue weighted by Gasteiger charge is 2.10. The summed E-state index contributed by atoms with van der Waals surface area (Å²) in [6, 6.07) is 1.28. The second kappa shape index (κ2) is 7.17. The average molecular weight is 268 g/mol. The van der Waals surface area contributed by atoms with Gasteiger partial charge in [0.1, 0.15) is 5.82 Å². The molecule has 0 aliphatic heterocycles. The minimum absolute atomic E-state index is 0.0142. The molecule has 1 aromatic rings. The summed E-state index contributed by atoms with van der Waals surface area (Å²) in [6.07, 6.45) is 1.23. The Morgan fingerprint density at radius 1 is 1.53 bits per heavy atom. The van der Waals surface area contributed by atoms with Gasteiger partial charge in [-0.05, 0) is 6.07 Å². The van der Waals surface area contributed by atoms with Crippen LogP contribution in [0.3, 0.4) is 0 Å². The lowest BCUT2D eigenvalue weighted by molar-refractivity contribution is -0.119. The monoisotopic (exact) mass is 268 g/mol. The van der Waals surface area contributed by atoms with Crippen molar-refractivity contribution in [2.24, 2.45) is 0 Å². The van der Waals surface area contributed by atoms with Gasteiger partial charge in [0, 0.05) is 13.7 Å². The number of amides is 1. The van der Waals surface area contributed by atoms with Gasteiger partial charge in [-0.3, -0.25) is 4.79 Å². The molecule has 0 aromatic carbocycles. The fraction of sp³-hybridized carbons (Fsp3) is 0.364. The summed E-state index contributed by atoms with van der Waals surface area (Å²) in [4.78, 5) is 26.1. The molecular formula is C11H16N4O4. The number of anilines is 2. The summed E-state index contributed by atoms with van der Waals surface area (Å²) in [5, 5.41) is 14.2. The highest BCUT2D eigenvalue weighted by molar-refractivity contribution is 5.94. The number of carbonyl (C=O) groups is 2. The molecule has 8 nitrogen and oxygen atoms in total. The largest absolute Gasteiger partial charge is 0.478 e. The zero-order valence-corrected chi connectivity index (χ0v) is 10.5. The SMILES string of the molecule is COCCNC(=O)CNc1cc(C(=O)O)c(N)cn1. The molecular weight excluding hydrogens is 252 g/mol. The Balaban J connectivity index is 2.51. The molecule has 0 saturated heterocycles. The van der Waals surface area contributed by atoms with Crippen LogP contribution in [0, 0.1) is 0 Å². The van der Waals surface area contributed by atoms with Gasteiger partial charge in [0.15, 0.2) is 0 Å². The Labute approximate surface area is 110 Å². The molecule has 5 N–H and O–H groups in total. The van der Waals surface area contributed by atoms with Crippen LogP contribution in [0.15, 0.2) is 12.3 Å². The number of nitrogens with zero attached hydrogens (tertiary/aromatic N) is 1. The van der Waals surface area contributed by atoms with Gasteiger partial charge < -0.3 is 26.2 Å². The summed E-state index contributed by atoms with van der Waals surface area (Å²) >= 11 is 0. The molecule has 0 radical (unpaired) electrons. The van der Waals surface area contributed by atoms with Crippen molar-refractivity contribution >= 4 is 23.4 Å². The van der Waals surface area contributed by atoms with E-state index in [0.717, 1.165) is 0 Å². The first-order chi connectivity index (χ1) is 9.04. The van der Waals surface area contributed by atoms with Crippen molar-refractivity contribution in [3.63, 3.8) is 0 Å². The van der Waals surface area contributed by atoms with Gasteiger partial charge >= 0.3 is 5.97 Å². The van der Waals surface area contributed by atoms with E-state index in [-0.39, 0.29) is 29.5 Å². The first-order valence-corrected chi connectivity index (χ1v) is 5.53. The summed E-state index contributed by atoms with van der Waals surface area (Å²) < 4.78 is 4.78. The van der Waals surface area contributed by atoms with E-state index >= 15 is 0 Å². The Morgan fingerprint density at radius 2 is 2.26 bits per heavy atom. The Morgan fingerprint density at radius 3 is 2.89 bits per heavy atom. The number of carbonyl (C=O) groups excluding carboxylic acids is 1. The lowest BCUT2D eigenvalue weighted by atomic mass is 10.2. The van der Waals surface area contributed by atoms with E-state index in [4.69, 9.17) is 15.6 Å². The second-order valence-electron chi connectivity index (χ2n) is 3.66. The number of hydrogen-bond acceptors (Lipinski definition) is 6. The quantitative estimate of drug-likeness (QED) is 0.493. The highest BCUT2D eigenvalue weighted by atomic mass is 16.5. The number of carboxylic acid groups (broad SMARTS) is 1. The van der Waals surface area contributed by atoms with Gasteiger partial charge in [-0.25, -0.2) is 9.78 Å². The van der Waals surface area contributed by atoms with Crippen LogP contribution in [0.4, 0.5) is 11.5 Å². The van der Waals surface area contributed by atoms with E-state index in [1.807, 2.05) is 0 Å². The molecule has 104 valence electrons. The molecule has 0 aliphatic carbocycles. The Bertz CT molecular complexity index is 464. The van der Waals surface area contributed by atoms with E-state index in [1.54, 1.807) is 0 Å². The zero-order valence-electron chi connectivity index (χ0n) is 10.5. The number of aromatic carboxylic acids is 1. The van der Waals surface area contributed by atoms with Crippen LogP contribution in [0.5, 0.6) is 0 Å². The predicted molar refractivity (Wildman–Crippen MR) is 69.0 cm³/mol. The second-order valence-corrected chi connectivity index (χ2v) is 3.66. The fourth-order valence-corrected chi connectivity index (χ4v) is 1.27. The van der Waals surface area contributed by atoms with Crippen molar-refractivity contribution in [1.29, 1.82) is 0 Å². The van der Waals surface area contributed by atoms with Crippen molar-refractivity contribution in [3.8, 4) is 0 Å². The molecule has 0 fully saturated rings. The van der Waals surface area contributed by atoms with Crippen LogP contribution in [0.1, 0.15) is 10.4 Å². The number of hydrogen-bond donors (Lipinski definition) is 4. The number of nitrogens with one attached hydrogen (secondary N) is 2. The van der Waals surface area contributed by atoms with Crippen molar-refractivity contribution in [1.82, 2.24) is 10.3 Å². The molecule has 0 saturated carbocycles. The molecule has 1 amide bonds. The number of rotatable bonds is 7. The van der Waals surface area contributed by atoms with Crippen molar-refractivity contribution in [2.75, 3.05) is 37.9 Å². The van der Waals surface area contributed by atoms with Crippen LogP contribution >= 0.6 is 0 Å². The minimum atomic E-state index is -1.15. The van der Waals surface area contributed by atoms with Crippen LogP contribution in [0.25, 0.3) is 0 Å². The number of nitrogen functional groups attached to an aromatic ring is 1. The number of pyridine rings is 1. The van der Waals surface area contributed by atoms with Gasteiger partial charge in [-0.15, -0.1) is 0 Å². The van der Waals surface area contributed by atoms with E-state index < -0.39 is 5.97 Å². The first kappa shape index (κ1) is 14.7. The van der Waals surface area contributed by atoms with E-state index in [0.29, 0.717) is 13.2 Å². The number of nitrogens with two attached hydrogens (primary N) is 1. The molecule has 0 unspecified atom stereocenters. The lowest BCUT2D eigenvalue weighted by Gasteiger charge is -2.08. The van der Waals surface area contributed by atoms with E-state index in [2.05, 4.69) is 15.6 Å². The molecule has 0 spiro atoms. The van der Waals surface area contributed by atoms with Crippen LogP contribution in [0.2, 0.25) is 0 Å². The predicted octanol–water partition coefficient (Wildman–Crippen LogP) is -0.463. The summed E-state index contributed by atoms with van der Waals surface area (Å²) in [6.45, 7) is 0.821. The van der Waals surface area contributed by atoms with E-state index in [1.165, 1.54) is 19.4 Å². The van der Waals surface area contributed by atoms with Crippen molar-refractivity contribution in [2.45, 2.75) is 0 Å². The van der Waals surface area contributed by atoms with Crippen LogP contribution in [-0.4, -0.2) is 48.8 Å². The molecule has 8 heteroatoms. The smallest absolute Gasteiger partial charge is 0.337 e. The summed E-state index contributed by atoms with van der Waals surface area (Å²) in [7, 11) is 1.54. The van der Waals surface area contributed by atoms with Crippen LogP contribution in [-0.2, 0) is 9.53 Å². The summed E-state index contributed by atoms with van der Waals surface area (Å²) in [5.74, 6) is -1.12. The van der Waals surface area contributed by atoms with Gasteiger partial charge in [0.25, 0.3) is 0 Å². The normalized spacial score (nSPS) is 9.95. The van der Waals surface area contributed by atoms with Crippen molar-refractivity contribution < 1.29 is 19.4 Å². The topological polar surface area (TPSA) is 127 Å². The van der Waals surface area contributed by atoms with Gasteiger partial charge in [-0.1, -0.05) is 0 Å². The third-order valence-corrected chi connectivity index (χ3v) is 2.22.